The van der Waals surface area contributed by atoms with E-state index in [0.717, 1.165) is 29.3 Å². The van der Waals surface area contributed by atoms with Crippen LogP contribution in [0.3, 0.4) is 0 Å². The maximum absolute atomic E-state index is 12.0. The largest absolute Gasteiger partial charge is 0.444 e. The molecule has 1 amide bonds. The number of pyridine rings is 1. The molecule has 1 aliphatic heterocycles. The zero-order chi connectivity index (χ0) is 19.4. The third kappa shape index (κ3) is 4.98. The molecule has 3 rings (SSSR count). The van der Waals surface area contributed by atoms with Crippen LogP contribution in [0.5, 0.6) is 0 Å². The van der Waals surface area contributed by atoms with Gasteiger partial charge in [-0.3, -0.25) is 5.32 Å². The number of amides is 1. The highest BCUT2D eigenvalue weighted by atomic mass is 32.1. The number of anilines is 2. The van der Waals surface area contributed by atoms with Gasteiger partial charge < -0.3 is 9.64 Å². The average molecular weight is 385 g/mol. The number of thiophene rings is 1. The van der Waals surface area contributed by atoms with Gasteiger partial charge in [-0.1, -0.05) is 0 Å². The molecule has 1 aliphatic rings. The number of carbonyl (C=O) groups is 1. The third-order valence-corrected chi connectivity index (χ3v) is 5.25. The summed E-state index contributed by atoms with van der Waals surface area (Å²) in [6, 6.07) is 5.83. The molecule has 0 aliphatic carbocycles. The molecule has 1 fully saturated rings. The van der Waals surface area contributed by atoms with E-state index in [1.165, 1.54) is 30.6 Å². The molecule has 0 saturated carbocycles. The lowest BCUT2D eigenvalue weighted by molar-refractivity contribution is 0.0636. The Hall–Kier alpha value is -2.59. The molecule has 1 saturated heterocycles. The zero-order valence-electron chi connectivity index (χ0n) is 15.9. The lowest BCUT2D eigenvalue weighted by atomic mass is 10.1. The number of nitrogens with one attached hydrogen (secondary N) is 1. The second-order valence-electron chi connectivity index (χ2n) is 7.52. The molecule has 27 heavy (non-hydrogen) atoms. The SMILES string of the molecule is [C-]#[N+]c1cc(-c2ccc(N3CCCCC3)nc2)sc1NC(=O)OC(C)(C)C. The van der Waals surface area contributed by atoms with Crippen LogP contribution in [0, 0.1) is 6.57 Å². The predicted octanol–water partition coefficient (Wildman–Crippen LogP) is 5.70. The number of nitrogens with zero attached hydrogens (tertiary/aromatic N) is 3. The van der Waals surface area contributed by atoms with Crippen LogP contribution >= 0.6 is 11.3 Å². The summed E-state index contributed by atoms with van der Waals surface area (Å²) in [4.78, 5) is 23.3. The summed E-state index contributed by atoms with van der Waals surface area (Å²) in [7, 11) is 0. The van der Waals surface area contributed by atoms with Gasteiger partial charge in [0.1, 0.15) is 16.4 Å². The maximum atomic E-state index is 12.0. The molecule has 2 aromatic heterocycles. The molecule has 0 aromatic carbocycles. The van der Waals surface area contributed by atoms with Gasteiger partial charge in [-0.2, -0.15) is 0 Å². The van der Waals surface area contributed by atoms with E-state index in [4.69, 9.17) is 11.3 Å². The van der Waals surface area contributed by atoms with E-state index in [1.807, 2.05) is 18.3 Å². The summed E-state index contributed by atoms with van der Waals surface area (Å²) in [5.41, 5.74) is 0.750. The van der Waals surface area contributed by atoms with Gasteiger partial charge in [-0.05, 0) is 58.2 Å². The van der Waals surface area contributed by atoms with Crippen molar-refractivity contribution < 1.29 is 9.53 Å². The van der Waals surface area contributed by atoms with E-state index in [-0.39, 0.29) is 0 Å². The van der Waals surface area contributed by atoms with Crippen LogP contribution in [0.15, 0.2) is 24.4 Å². The third-order valence-electron chi connectivity index (χ3n) is 4.16. The van der Waals surface area contributed by atoms with Gasteiger partial charge in [0.15, 0.2) is 0 Å². The van der Waals surface area contributed by atoms with Crippen LogP contribution in [-0.4, -0.2) is 29.8 Å². The van der Waals surface area contributed by atoms with Crippen molar-refractivity contribution in [1.82, 2.24) is 4.98 Å². The fourth-order valence-electron chi connectivity index (χ4n) is 2.93. The number of ether oxygens (including phenoxy) is 1. The van der Waals surface area contributed by atoms with Crippen molar-refractivity contribution in [2.75, 3.05) is 23.3 Å². The predicted molar refractivity (Wildman–Crippen MR) is 110 cm³/mol. The highest BCUT2D eigenvalue weighted by Crippen LogP contribution is 2.41. The van der Waals surface area contributed by atoms with Crippen molar-refractivity contribution in [3.05, 3.63) is 35.8 Å². The molecular weight excluding hydrogens is 360 g/mol. The van der Waals surface area contributed by atoms with Gasteiger partial charge in [0.2, 0.25) is 5.69 Å². The molecular formula is C20H24N4O2S. The molecule has 0 atom stereocenters. The Morgan fingerprint density at radius 3 is 2.63 bits per heavy atom. The summed E-state index contributed by atoms with van der Waals surface area (Å²) in [5.74, 6) is 0.993. The van der Waals surface area contributed by atoms with Crippen LogP contribution in [0.1, 0.15) is 40.0 Å². The molecule has 2 aromatic rings. The van der Waals surface area contributed by atoms with Crippen LogP contribution < -0.4 is 10.2 Å². The Balaban J connectivity index is 1.76. The zero-order valence-corrected chi connectivity index (χ0v) is 16.7. The first-order chi connectivity index (χ1) is 12.9. The van der Waals surface area contributed by atoms with E-state index in [1.54, 1.807) is 26.8 Å². The first kappa shape index (κ1) is 19.2. The highest BCUT2D eigenvalue weighted by Gasteiger charge is 2.19. The van der Waals surface area contributed by atoms with E-state index in [9.17, 15) is 4.79 Å². The Morgan fingerprint density at radius 1 is 1.30 bits per heavy atom. The average Bonchev–Trinajstić information content (AvgIpc) is 3.03. The highest BCUT2D eigenvalue weighted by molar-refractivity contribution is 7.20. The van der Waals surface area contributed by atoms with Crippen molar-refractivity contribution in [2.24, 2.45) is 0 Å². The fraction of sp³-hybridized carbons (Fsp3) is 0.450. The summed E-state index contributed by atoms with van der Waals surface area (Å²) in [5, 5.41) is 3.18. The van der Waals surface area contributed by atoms with E-state index < -0.39 is 11.7 Å². The number of hydrogen-bond donors (Lipinski definition) is 1. The van der Waals surface area contributed by atoms with Crippen LogP contribution in [0.2, 0.25) is 0 Å². The first-order valence-electron chi connectivity index (χ1n) is 9.08. The molecule has 0 bridgehead atoms. The molecule has 0 spiro atoms. The lowest BCUT2D eigenvalue weighted by Crippen LogP contribution is -2.29. The molecule has 6 nitrogen and oxygen atoms in total. The summed E-state index contributed by atoms with van der Waals surface area (Å²) >= 11 is 1.35. The summed E-state index contributed by atoms with van der Waals surface area (Å²) < 4.78 is 5.27. The van der Waals surface area contributed by atoms with E-state index in [2.05, 4.69) is 20.0 Å². The monoisotopic (exact) mass is 384 g/mol. The number of hydrogen-bond acceptors (Lipinski definition) is 5. The normalized spacial score (nSPS) is 14.5. The maximum Gasteiger partial charge on any atom is 0.411 e. The number of piperidine rings is 1. The number of rotatable bonds is 3. The second kappa shape index (κ2) is 7.97. The molecule has 0 radical (unpaired) electrons. The van der Waals surface area contributed by atoms with Crippen LogP contribution in [0.25, 0.3) is 15.3 Å². The van der Waals surface area contributed by atoms with Gasteiger partial charge in [-0.25, -0.2) is 14.6 Å². The fourth-order valence-corrected chi connectivity index (χ4v) is 3.91. The van der Waals surface area contributed by atoms with Gasteiger partial charge >= 0.3 is 6.09 Å². The molecule has 7 heteroatoms. The van der Waals surface area contributed by atoms with Crippen molar-refractivity contribution in [3.8, 4) is 10.4 Å². The number of aromatic nitrogens is 1. The van der Waals surface area contributed by atoms with Gasteiger partial charge in [-0.15, -0.1) is 11.3 Å². The molecule has 1 N–H and O–H groups in total. The van der Waals surface area contributed by atoms with Crippen molar-refractivity contribution in [3.63, 3.8) is 0 Å². The molecule has 142 valence electrons. The Bertz CT molecular complexity index is 840. The first-order valence-corrected chi connectivity index (χ1v) is 9.90. The minimum absolute atomic E-state index is 0.404. The van der Waals surface area contributed by atoms with Gasteiger partial charge in [0.25, 0.3) is 0 Å². The standard InChI is InChI=1S/C20H24N4O2S/c1-20(2,3)26-19(25)23-18-15(21-4)12-16(27-18)14-8-9-17(22-13-14)24-10-6-5-7-11-24/h8-9,12-13H,5-7,10-11H2,1-3H3,(H,23,25). The summed E-state index contributed by atoms with van der Waals surface area (Å²) in [6.07, 6.45) is 4.99. The van der Waals surface area contributed by atoms with Gasteiger partial charge in [0.05, 0.1) is 6.57 Å². The van der Waals surface area contributed by atoms with Crippen molar-refractivity contribution >= 4 is 33.9 Å². The van der Waals surface area contributed by atoms with Crippen LogP contribution in [0.4, 0.5) is 21.3 Å². The second-order valence-corrected chi connectivity index (χ2v) is 8.57. The Kier molecular flexibility index (Phi) is 5.66. The van der Waals surface area contributed by atoms with E-state index in [0.29, 0.717) is 10.7 Å². The molecule has 0 unspecified atom stereocenters. The smallest absolute Gasteiger partial charge is 0.411 e. The van der Waals surface area contributed by atoms with Crippen LogP contribution in [-0.2, 0) is 4.74 Å². The van der Waals surface area contributed by atoms with Gasteiger partial charge in [0, 0.05) is 29.7 Å². The number of carbonyl (C=O) groups excluding carboxylic acids is 1. The quantitative estimate of drug-likeness (QED) is 0.690. The topological polar surface area (TPSA) is 58.8 Å². The van der Waals surface area contributed by atoms with Crippen molar-refractivity contribution in [2.45, 2.75) is 45.6 Å². The Morgan fingerprint density at radius 2 is 2.04 bits per heavy atom. The lowest BCUT2D eigenvalue weighted by Gasteiger charge is -2.27. The van der Waals surface area contributed by atoms with E-state index >= 15 is 0 Å². The van der Waals surface area contributed by atoms with Crippen molar-refractivity contribution in [1.29, 1.82) is 0 Å². The minimum atomic E-state index is -0.587. The summed E-state index contributed by atoms with van der Waals surface area (Å²) in [6.45, 7) is 14.9. The Labute approximate surface area is 164 Å². The minimum Gasteiger partial charge on any atom is -0.444 e. The molecule has 3 heterocycles.